The van der Waals surface area contributed by atoms with E-state index in [2.05, 4.69) is 5.32 Å². The number of nitrogens with one attached hydrogen (secondary N) is 1. The van der Waals surface area contributed by atoms with Gasteiger partial charge >= 0.3 is 0 Å². The van der Waals surface area contributed by atoms with Crippen molar-refractivity contribution in [3.8, 4) is 0 Å². The number of ether oxygens (including phenoxy) is 1. The highest BCUT2D eigenvalue weighted by molar-refractivity contribution is 5.93. The zero-order valence-corrected chi connectivity index (χ0v) is 11.9. The molecule has 5 heteroatoms. The number of hydrogen-bond acceptors (Lipinski definition) is 3. The van der Waals surface area contributed by atoms with Crippen molar-refractivity contribution >= 4 is 11.8 Å². The summed E-state index contributed by atoms with van der Waals surface area (Å²) in [6.07, 6.45) is 3.19. The Bertz CT molecular complexity index is 353. The smallest absolute Gasteiger partial charge is 0.248 e. The number of hydrogen-bond donors (Lipinski definition) is 1. The summed E-state index contributed by atoms with van der Waals surface area (Å²) in [7, 11) is 0. The van der Waals surface area contributed by atoms with Gasteiger partial charge in [-0.3, -0.25) is 9.59 Å². The van der Waals surface area contributed by atoms with E-state index in [1.165, 1.54) is 0 Å². The summed E-state index contributed by atoms with van der Waals surface area (Å²) >= 11 is 0. The molecule has 2 aliphatic rings. The quantitative estimate of drug-likeness (QED) is 0.828. The zero-order valence-electron chi connectivity index (χ0n) is 11.9. The lowest BCUT2D eigenvalue weighted by molar-refractivity contribution is -0.139. The topological polar surface area (TPSA) is 58.6 Å². The summed E-state index contributed by atoms with van der Waals surface area (Å²) in [5.74, 6) is 0.429. The zero-order chi connectivity index (χ0) is 13.9. The van der Waals surface area contributed by atoms with E-state index in [0.717, 1.165) is 26.1 Å². The minimum absolute atomic E-state index is 0.0277. The standard InChI is InChI=1S/C14H24N2O3/c1-3-14(2)13(18)16(7-6-12(17)15-14)9-11-5-4-8-19-10-11/h11H,3-10H2,1-2H3,(H,15,17). The van der Waals surface area contributed by atoms with Crippen LogP contribution in [0.2, 0.25) is 0 Å². The maximum Gasteiger partial charge on any atom is 0.248 e. The van der Waals surface area contributed by atoms with Gasteiger partial charge in [0.05, 0.1) is 6.61 Å². The predicted octanol–water partition coefficient (Wildman–Crippen LogP) is 0.930. The molecule has 0 saturated carbocycles. The van der Waals surface area contributed by atoms with Gasteiger partial charge in [-0.2, -0.15) is 0 Å². The lowest BCUT2D eigenvalue weighted by Gasteiger charge is -2.34. The van der Waals surface area contributed by atoms with Crippen LogP contribution >= 0.6 is 0 Å². The minimum atomic E-state index is -0.747. The van der Waals surface area contributed by atoms with Crippen LogP contribution in [0.4, 0.5) is 0 Å². The molecule has 2 unspecified atom stereocenters. The summed E-state index contributed by atoms with van der Waals surface area (Å²) in [5, 5.41) is 2.86. The molecule has 108 valence electrons. The molecule has 2 rings (SSSR count). The molecule has 2 amide bonds. The number of amides is 2. The minimum Gasteiger partial charge on any atom is -0.381 e. The van der Waals surface area contributed by atoms with E-state index >= 15 is 0 Å². The molecule has 0 spiro atoms. The molecular weight excluding hydrogens is 244 g/mol. The Kier molecular flexibility index (Phi) is 4.45. The first-order chi connectivity index (χ1) is 9.05. The van der Waals surface area contributed by atoms with Crippen LogP contribution in [0.3, 0.4) is 0 Å². The van der Waals surface area contributed by atoms with Crippen molar-refractivity contribution < 1.29 is 14.3 Å². The molecule has 0 aliphatic carbocycles. The first-order valence-electron chi connectivity index (χ1n) is 7.23. The fourth-order valence-electron chi connectivity index (χ4n) is 2.79. The van der Waals surface area contributed by atoms with Gasteiger partial charge in [-0.1, -0.05) is 6.92 Å². The third-order valence-corrected chi connectivity index (χ3v) is 4.22. The highest BCUT2D eigenvalue weighted by Crippen LogP contribution is 2.21. The average Bonchev–Trinajstić information content (AvgIpc) is 2.52. The molecule has 2 heterocycles. The Morgan fingerprint density at radius 1 is 1.47 bits per heavy atom. The second-order valence-electron chi connectivity index (χ2n) is 5.82. The van der Waals surface area contributed by atoms with Crippen LogP contribution in [-0.4, -0.2) is 48.6 Å². The van der Waals surface area contributed by atoms with Crippen LogP contribution < -0.4 is 5.32 Å². The van der Waals surface area contributed by atoms with E-state index < -0.39 is 5.54 Å². The molecule has 0 aromatic carbocycles. The third kappa shape index (κ3) is 3.26. The van der Waals surface area contributed by atoms with Gasteiger partial charge in [0.2, 0.25) is 11.8 Å². The predicted molar refractivity (Wildman–Crippen MR) is 71.6 cm³/mol. The van der Waals surface area contributed by atoms with Crippen LogP contribution in [0.15, 0.2) is 0 Å². The number of carbonyl (C=O) groups is 2. The third-order valence-electron chi connectivity index (χ3n) is 4.22. The summed E-state index contributed by atoms with van der Waals surface area (Å²) in [6, 6.07) is 0. The summed E-state index contributed by atoms with van der Waals surface area (Å²) in [5.41, 5.74) is -0.747. The molecule has 2 saturated heterocycles. The van der Waals surface area contributed by atoms with Gasteiger partial charge < -0.3 is 15.0 Å². The lowest BCUT2D eigenvalue weighted by atomic mass is 9.95. The maximum atomic E-state index is 12.6. The fraction of sp³-hybridized carbons (Fsp3) is 0.857. The second-order valence-corrected chi connectivity index (χ2v) is 5.82. The van der Waals surface area contributed by atoms with Crippen LogP contribution in [-0.2, 0) is 14.3 Å². The van der Waals surface area contributed by atoms with Gasteiger partial charge in [0, 0.05) is 26.1 Å². The van der Waals surface area contributed by atoms with Gasteiger partial charge in [0.25, 0.3) is 0 Å². The van der Waals surface area contributed by atoms with E-state index in [9.17, 15) is 9.59 Å². The van der Waals surface area contributed by atoms with Crippen molar-refractivity contribution in [2.45, 2.75) is 45.1 Å². The Morgan fingerprint density at radius 3 is 2.89 bits per heavy atom. The van der Waals surface area contributed by atoms with Gasteiger partial charge in [-0.25, -0.2) is 0 Å². The van der Waals surface area contributed by atoms with E-state index in [1.807, 2.05) is 18.7 Å². The molecule has 0 radical (unpaired) electrons. The molecule has 19 heavy (non-hydrogen) atoms. The van der Waals surface area contributed by atoms with Crippen LogP contribution in [0.25, 0.3) is 0 Å². The monoisotopic (exact) mass is 268 g/mol. The van der Waals surface area contributed by atoms with Crippen LogP contribution in [0, 0.1) is 5.92 Å². The first-order valence-corrected chi connectivity index (χ1v) is 7.23. The Hall–Kier alpha value is -1.10. The Labute approximate surface area is 114 Å². The fourth-order valence-corrected chi connectivity index (χ4v) is 2.79. The Morgan fingerprint density at radius 2 is 2.26 bits per heavy atom. The summed E-state index contributed by atoms with van der Waals surface area (Å²) in [4.78, 5) is 26.2. The molecular formula is C14H24N2O3. The summed E-state index contributed by atoms with van der Waals surface area (Å²) < 4.78 is 5.47. The van der Waals surface area contributed by atoms with Crippen molar-refractivity contribution in [1.29, 1.82) is 0 Å². The highest BCUT2D eigenvalue weighted by Gasteiger charge is 2.39. The van der Waals surface area contributed by atoms with E-state index in [4.69, 9.17) is 4.74 Å². The average molecular weight is 268 g/mol. The van der Waals surface area contributed by atoms with Crippen molar-refractivity contribution in [2.24, 2.45) is 5.92 Å². The molecule has 0 aromatic heterocycles. The van der Waals surface area contributed by atoms with E-state index in [0.29, 0.717) is 31.8 Å². The van der Waals surface area contributed by atoms with Crippen LogP contribution in [0.5, 0.6) is 0 Å². The van der Waals surface area contributed by atoms with Crippen molar-refractivity contribution in [2.75, 3.05) is 26.3 Å². The highest BCUT2D eigenvalue weighted by atomic mass is 16.5. The van der Waals surface area contributed by atoms with Crippen LogP contribution in [0.1, 0.15) is 39.5 Å². The van der Waals surface area contributed by atoms with E-state index in [1.54, 1.807) is 0 Å². The summed E-state index contributed by atoms with van der Waals surface area (Å²) in [6.45, 7) is 6.56. The number of rotatable bonds is 3. The molecule has 5 nitrogen and oxygen atoms in total. The second kappa shape index (κ2) is 5.90. The molecule has 1 N–H and O–H groups in total. The number of carbonyl (C=O) groups excluding carboxylic acids is 2. The van der Waals surface area contributed by atoms with Crippen molar-refractivity contribution in [3.05, 3.63) is 0 Å². The molecule has 0 aromatic rings. The van der Waals surface area contributed by atoms with Gasteiger partial charge in [-0.05, 0) is 32.1 Å². The molecule has 2 atom stereocenters. The molecule has 0 bridgehead atoms. The van der Waals surface area contributed by atoms with Gasteiger partial charge in [0.1, 0.15) is 5.54 Å². The largest absolute Gasteiger partial charge is 0.381 e. The normalized spacial score (nSPS) is 32.9. The van der Waals surface area contributed by atoms with E-state index in [-0.39, 0.29) is 11.8 Å². The maximum absolute atomic E-state index is 12.6. The Balaban J connectivity index is 2.05. The van der Waals surface area contributed by atoms with Crippen molar-refractivity contribution in [1.82, 2.24) is 10.2 Å². The SMILES string of the molecule is CCC1(C)NC(=O)CCN(CC2CCCOC2)C1=O. The van der Waals surface area contributed by atoms with Crippen molar-refractivity contribution in [3.63, 3.8) is 0 Å². The molecule has 2 aliphatic heterocycles. The van der Waals surface area contributed by atoms with Gasteiger partial charge in [0.15, 0.2) is 0 Å². The number of nitrogens with zero attached hydrogens (tertiary/aromatic N) is 1. The van der Waals surface area contributed by atoms with Gasteiger partial charge in [-0.15, -0.1) is 0 Å². The molecule has 2 fully saturated rings. The first kappa shape index (κ1) is 14.3. The lowest BCUT2D eigenvalue weighted by Crippen LogP contribution is -2.55.